The Morgan fingerprint density at radius 1 is 1.07 bits per heavy atom. The third-order valence-electron chi connectivity index (χ3n) is 5.32. The van der Waals surface area contributed by atoms with E-state index in [9.17, 15) is 8.78 Å². The number of aromatic nitrogens is 2. The van der Waals surface area contributed by atoms with Crippen LogP contribution in [0.5, 0.6) is 0 Å². The summed E-state index contributed by atoms with van der Waals surface area (Å²) in [6, 6.07) is 10.6. The molecule has 30 heavy (non-hydrogen) atoms. The van der Waals surface area contributed by atoms with Gasteiger partial charge < -0.3 is 4.90 Å². The molecule has 0 aliphatic carbocycles. The SMILES string of the molecule is CC1N=CC=C(c2cc(F)c(Cl)c(F)c2)N1C(C)c1cccc(-c2cnn(C)c2)c1. The van der Waals surface area contributed by atoms with Crippen LogP contribution in [-0.2, 0) is 7.05 Å². The first kappa shape index (κ1) is 20.3. The molecule has 4 rings (SSSR count). The normalized spacial score (nSPS) is 17.2. The average Bonchev–Trinajstić information content (AvgIpc) is 3.17. The van der Waals surface area contributed by atoms with Gasteiger partial charge in [-0.3, -0.25) is 9.67 Å². The van der Waals surface area contributed by atoms with Crippen LogP contribution in [0.4, 0.5) is 8.78 Å². The van der Waals surface area contributed by atoms with Crippen LogP contribution in [0.15, 0.2) is 59.9 Å². The molecule has 2 heterocycles. The Morgan fingerprint density at radius 2 is 1.80 bits per heavy atom. The van der Waals surface area contributed by atoms with Crippen molar-refractivity contribution in [3.8, 4) is 11.1 Å². The largest absolute Gasteiger partial charge is 0.342 e. The van der Waals surface area contributed by atoms with Crippen LogP contribution >= 0.6 is 11.6 Å². The van der Waals surface area contributed by atoms with E-state index in [1.165, 1.54) is 12.1 Å². The van der Waals surface area contributed by atoms with Crippen molar-refractivity contribution in [1.82, 2.24) is 14.7 Å². The number of hydrogen-bond donors (Lipinski definition) is 0. The molecule has 3 aromatic rings. The summed E-state index contributed by atoms with van der Waals surface area (Å²) in [5.74, 6) is -1.57. The molecule has 0 fully saturated rings. The second-order valence-electron chi connectivity index (χ2n) is 7.35. The third kappa shape index (κ3) is 3.75. The zero-order chi connectivity index (χ0) is 21.4. The molecule has 0 saturated heterocycles. The van der Waals surface area contributed by atoms with Gasteiger partial charge in [0.25, 0.3) is 0 Å². The van der Waals surface area contributed by atoms with E-state index in [0.717, 1.165) is 16.7 Å². The Hall–Kier alpha value is -2.99. The van der Waals surface area contributed by atoms with Gasteiger partial charge in [0.1, 0.15) is 22.8 Å². The lowest BCUT2D eigenvalue weighted by molar-refractivity contribution is 0.252. The van der Waals surface area contributed by atoms with Crippen molar-refractivity contribution >= 4 is 23.5 Å². The quantitative estimate of drug-likeness (QED) is 0.490. The van der Waals surface area contributed by atoms with E-state index < -0.39 is 16.7 Å². The molecule has 0 N–H and O–H groups in total. The van der Waals surface area contributed by atoms with E-state index in [1.54, 1.807) is 17.0 Å². The van der Waals surface area contributed by atoms with Crippen molar-refractivity contribution in [3.63, 3.8) is 0 Å². The molecule has 0 saturated carbocycles. The molecule has 1 aliphatic rings. The van der Waals surface area contributed by atoms with Gasteiger partial charge in [-0.2, -0.15) is 5.10 Å². The highest BCUT2D eigenvalue weighted by atomic mass is 35.5. The first-order valence-electron chi connectivity index (χ1n) is 9.61. The second-order valence-corrected chi connectivity index (χ2v) is 7.73. The molecule has 1 aliphatic heterocycles. The summed E-state index contributed by atoms with van der Waals surface area (Å²) in [6.45, 7) is 4.00. The van der Waals surface area contributed by atoms with Gasteiger partial charge >= 0.3 is 0 Å². The zero-order valence-electron chi connectivity index (χ0n) is 16.9. The molecule has 2 aromatic carbocycles. The highest BCUT2D eigenvalue weighted by Crippen LogP contribution is 2.36. The average molecular weight is 427 g/mol. The van der Waals surface area contributed by atoms with E-state index in [0.29, 0.717) is 11.3 Å². The van der Waals surface area contributed by atoms with Gasteiger partial charge in [0.05, 0.1) is 12.2 Å². The summed E-state index contributed by atoms with van der Waals surface area (Å²) in [4.78, 5) is 6.52. The molecule has 0 radical (unpaired) electrons. The predicted octanol–water partition coefficient (Wildman–Crippen LogP) is 5.85. The number of nitrogens with zero attached hydrogens (tertiary/aromatic N) is 4. The smallest absolute Gasteiger partial charge is 0.145 e. The van der Waals surface area contributed by atoms with Gasteiger partial charge in [-0.25, -0.2) is 8.78 Å². The number of benzene rings is 2. The molecule has 1 aromatic heterocycles. The highest BCUT2D eigenvalue weighted by Gasteiger charge is 2.27. The van der Waals surface area contributed by atoms with Crippen LogP contribution in [0.2, 0.25) is 5.02 Å². The maximum Gasteiger partial charge on any atom is 0.145 e. The molecule has 0 bridgehead atoms. The van der Waals surface area contributed by atoms with Gasteiger partial charge in [0.15, 0.2) is 0 Å². The van der Waals surface area contributed by atoms with Crippen LogP contribution in [0.3, 0.4) is 0 Å². The Balaban J connectivity index is 1.73. The lowest BCUT2D eigenvalue weighted by Gasteiger charge is -2.38. The lowest BCUT2D eigenvalue weighted by atomic mass is 9.98. The summed E-state index contributed by atoms with van der Waals surface area (Å²) in [5, 5.41) is 3.74. The van der Waals surface area contributed by atoms with Crippen molar-refractivity contribution in [3.05, 3.63) is 82.7 Å². The second kappa shape index (κ2) is 8.03. The zero-order valence-corrected chi connectivity index (χ0v) is 17.6. The minimum atomic E-state index is -0.783. The van der Waals surface area contributed by atoms with Gasteiger partial charge in [0.2, 0.25) is 0 Å². The maximum absolute atomic E-state index is 14.1. The Labute approximate surface area is 179 Å². The maximum atomic E-state index is 14.1. The van der Waals surface area contributed by atoms with Crippen LogP contribution in [-0.4, -0.2) is 27.1 Å². The Morgan fingerprint density at radius 3 is 2.47 bits per heavy atom. The van der Waals surface area contributed by atoms with E-state index >= 15 is 0 Å². The number of hydrogen-bond acceptors (Lipinski definition) is 3. The predicted molar refractivity (Wildman–Crippen MR) is 116 cm³/mol. The third-order valence-corrected chi connectivity index (χ3v) is 5.68. The molecule has 154 valence electrons. The molecule has 7 heteroatoms. The van der Waals surface area contributed by atoms with Crippen molar-refractivity contribution in [2.45, 2.75) is 26.1 Å². The Kier molecular flexibility index (Phi) is 5.43. The molecule has 2 unspecified atom stereocenters. The minimum absolute atomic E-state index is 0.0953. The fourth-order valence-corrected chi connectivity index (χ4v) is 3.90. The first-order chi connectivity index (χ1) is 14.3. The van der Waals surface area contributed by atoms with Crippen LogP contribution < -0.4 is 0 Å². The van der Waals surface area contributed by atoms with Crippen LogP contribution in [0, 0.1) is 11.6 Å². The van der Waals surface area contributed by atoms with Crippen molar-refractivity contribution in [2.75, 3.05) is 0 Å². The monoisotopic (exact) mass is 426 g/mol. The number of rotatable bonds is 4. The van der Waals surface area contributed by atoms with Crippen molar-refractivity contribution in [1.29, 1.82) is 0 Å². The molecule has 2 atom stereocenters. The molecular formula is C23H21ClF2N4. The highest BCUT2D eigenvalue weighted by molar-refractivity contribution is 6.30. The summed E-state index contributed by atoms with van der Waals surface area (Å²) in [6.07, 6.45) is 7.01. The number of aryl methyl sites for hydroxylation is 1. The number of halogens is 3. The van der Waals surface area contributed by atoms with Crippen LogP contribution in [0.25, 0.3) is 16.8 Å². The van der Waals surface area contributed by atoms with Crippen molar-refractivity contribution in [2.24, 2.45) is 12.0 Å². The van der Waals surface area contributed by atoms with E-state index in [2.05, 4.69) is 23.1 Å². The Bertz CT molecular complexity index is 1130. The van der Waals surface area contributed by atoms with Crippen molar-refractivity contribution < 1.29 is 8.78 Å². The first-order valence-corrected chi connectivity index (χ1v) is 9.98. The van der Waals surface area contributed by atoms with E-state index in [1.807, 2.05) is 49.5 Å². The van der Waals surface area contributed by atoms with Gasteiger partial charge in [-0.1, -0.05) is 29.8 Å². The van der Waals surface area contributed by atoms with E-state index in [4.69, 9.17) is 11.6 Å². The summed E-state index contributed by atoms with van der Waals surface area (Å²) in [5.41, 5.74) is 4.23. The summed E-state index contributed by atoms with van der Waals surface area (Å²) < 4.78 is 30.0. The topological polar surface area (TPSA) is 33.4 Å². The molecule has 4 nitrogen and oxygen atoms in total. The fourth-order valence-electron chi connectivity index (χ4n) is 3.79. The van der Waals surface area contributed by atoms with E-state index in [-0.39, 0.29) is 12.2 Å². The van der Waals surface area contributed by atoms with Gasteiger partial charge in [-0.15, -0.1) is 0 Å². The minimum Gasteiger partial charge on any atom is -0.342 e. The molecule has 0 spiro atoms. The lowest BCUT2D eigenvalue weighted by Crippen LogP contribution is -2.35. The molecule has 0 amide bonds. The van der Waals surface area contributed by atoms with Crippen LogP contribution in [0.1, 0.15) is 31.0 Å². The summed E-state index contributed by atoms with van der Waals surface area (Å²) >= 11 is 5.67. The van der Waals surface area contributed by atoms with Gasteiger partial charge in [0, 0.05) is 36.3 Å². The standard InChI is InChI=1S/C23H21ClF2N4/c1-14(16-5-4-6-17(9-16)19-12-28-29(3)13-19)30-15(2)27-8-7-22(30)18-10-20(25)23(24)21(26)11-18/h4-15H,1-3H3. The fraction of sp³-hybridized carbons (Fsp3) is 0.217. The number of aliphatic imine (C=N–C) groups is 1. The number of allylic oxidation sites excluding steroid dienone is 1. The molecular weight excluding hydrogens is 406 g/mol. The summed E-state index contributed by atoms with van der Waals surface area (Å²) in [7, 11) is 1.88. The van der Waals surface area contributed by atoms with Gasteiger partial charge in [-0.05, 0) is 49.2 Å².